The van der Waals surface area contributed by atoms with Crippen molar-refractivity contribution < 1.29 is 9.53 Å². The van der Waals surface area contributed by atoms with Crippen LogP contribution < -0.4 is 5.32 Å². The van der Waals surface area contributed by atoms with Gasteiger partial charge in [0.1, 0.15) is 12.4 Å². The molecular formula is C17H19N5O2. The first-order valence-electron chi connectivity index (χ1n) is 8.00. The molecule has 1 fully saturated rings. The first-order valence-corrected chi connectivity index (χ1v) is 8.00. The average Bonchev–Trinajstić information content (AvgIpc) is 3.29. The lowest BCUT2D eigenvalue weighted by atomic mass is 10.1. The van der Waals surface area contributed by atoms with Crippen molar-refractivity contribution in [1.82, 2.24) is 25.5 Å². The summed E-state index contributed by atoms with van der Waals surface area (Å²) < 4.78 is 5.69. The lowest BCUT2D eigenvalue weighted by Gasteiger charge is -2.17. The highest BCUT2D eigenvalue weighted by Crippen LogP contribution is 2.27. The van der Waals surface area contributed by atoms with Gasteiger partial charge >= 0.3 is 0 Å². The number of ether oxygens (including phenoxy) is 1. The molecule has 3 heterocycles. The Hall–Kier alpha value is -2.67. The number of nitrogens with zero attached hydrogens (tertiary/aromatic N) is 2. The van der Waals surface area contributed by atoms with Gasteiger partial charge in [-0.05, 0) is 44.0 Å². The van der Waals surface area contributed by atoms with E-state index < -0.39 is 0 Å². The molecule has 1 aliphatic heterocycles. The van der Waals surface area contributed by atoms with E-state index in [1.807, 2.05) is 25.1 Å². The number of carbonyl (C=O) groups excluding carboxylic acids is 1. The number of rotatable bonds is 3. The molecule has 24 heavy (non-hydrogen) atoms. The second kappa shape index (κ2) is 5.76. The molecule has 0 bridgehead atoms. The van der Waals surface area contributed by atoms with Crippen molar-refractivity contribution in [3.05, 3.63) is 47.2 Å². The van der Waals surface area contributed by atoms with Crippen molar-refractivity contribution in [1.29, 1.82) is 0 Å². The molecule has 7 nitrogen and oxygen atoms in total. The normalized spacial score (nSPS) is 20.6. The number of nitrogens with one attached hydrogen (secondary N) is 3. The van der Waals surface area contributed by atoms with Crippen LogP contribution in [0.5, 0.6) is 0 Å². The van der Waals surface area contributed by atoms with Crippen molar-refractivity contribution >= 4 is 16.8 Å². The Labute approximate surface area is 138 Å². The first kappa shape index (κ1) is 14.9. The number of carbonyl (C=O) groups is 1. The molecular weight excluding hydrogens is 306 g/mol. The second-order valence-corrected chi connectivity index (χ2v) is 6.17. The lowest BCUT2D eigenvalue weighted by molar-refractivity contribution is 0.0792. The molecule has 0 radical (unpaired) electrons. The summed E-state index contributed by atoms with van der Waals surface area (Å²) in [4.78, 5) is 20.1. The molecule has 0 aliphatic carbocycles. The number of hydrogen-bond acceptors (Lipinski definition) is 4. The summed E-state index contributed by atoms with van der Waals surface area (Å²) in [6.45, 7) is 4.68. The van der Waals surface area contributed by atoms with Gasteiger partial charge in [0.15, 0.2) is 5.82 Å². The molecule has 1 aromatic carbocycles. The standard InChI is InChI=1S/C17H19N5O2/c1-9-10(2)20-13-4-3-11(7-12(9)13)17(23)21-14-5-6-24-15(14)16-18-8-19-22-16/h3-4,7-8,14-15,20H,5-6H2,1-2H3,(H,21,23)(H,18,19,22)/t14-,15+/m0/s1. The molecule has 3 N–H and O–H groups in total. The van der Waals surface area contributed by atoms with E-state index in [2.05, 4.69) is 32.4 Å². The maximum Gasteiger partial charge on any atom is 0.251 e. The van der Waals surface area contributed by atoms with E-state index in [0.29, 0.717) is 18.0 Å². The van der Waals surface area contributed by atoms with Gasteiger partial charge in [0.05, 0.1) is 6.04 Å². The minimum absolute atomic E-state index is 0.102. The third-order valence-corrected chi connectivity index (χ3v) is 4.68. The summed E-state index contributed by atoms with van der Waals surface area (Å²) in [5.41, 5.74) is 3.98. The third kappa shape index (κ3) is 2.46. The Morgan fingerprint density at radius 2 is 2.25 bits per heavy atom. The number of aromatic amines is 2. The Kier molecular flexibility index (Phi) is 3.57. The highest BCUT2D eigenvalue weighted by atomic mass is 16.5. The fourth-order valence-electron chi connectivity index (χ4n) is 3.21. The van der Waals surface area contributed by atoms with Crippen LogP contribution in [0.2, 0.25) is 0 Å². The van der Waals surface area contributed by atoms with Crippen LogP contribution in [-0.4, -0.2) is 38.7 Å². The van der Waals surface area contributed by atoms with E-state index in [0.717, 1.165) is 23.0 Å². The van der Waals surface area contributed by atoms with E-state index in [-0.39, 0.29) is 18.1 Å². The molecule has 1 amide bonds. The monoisotopic (exact) mass is 325 g/mol. The molecule has 4 rings (SSSR count). The van der Waals surface area contributed by atoms with Gasteiger partial charge in [0, 0.05) is 28.8 Å². The maximum atomic E-state index is 12.7. The summed E-state index contributed by atoms with van der Waals surface area (Å²) in [5.74, 6) is 0.542. The number of amides is 1. The van der Waals surface area contributed by atoms with Crippen LogP contribution >= 0.6 is 0 Å². The van der Waals surface area contributed by atoms with Crippen molar-refractivity contribution in [2.24, 2.45) is 0 Å². The van der Waals surface area contributed by atoms with Gasteiger partial charge in [0.25, 0.3) is 5.91 Å². The Balaban J connectivity index is 1.56. The van der Waals surface area contributed by atoms with Crippen LogP contribution in [0, 0.1) is 13.8 Å². The Morgan fingerprint density at radius 1 is 1.38 bits per heavy atom. The largest absolute Gasteiger partial charge is 0.368 e. The van der Waals surface area contributed by atoms with Crippen LogP contribution in [0.4, 0.5) is 0 Å². The van der Waals surface area contributed by atoms with Gasteiger partial charge in [-0.3, -0.25) is 9.89 Å². The molecule has 1 aliphatic rings. The van der Waals surface area contributed by atoms with Crippen LogP contribution in [0.3, 0.4) is 0 Å². The zero-order chi connectivity index (χ0) is 16.7. The SMILES string of the molecule is Cc1[nH]c2ccc(C(=O)N[C@H]3CCO[C@H]3c3ncn[nH]3)cc2c1C. The summed E-state index contributed by atoms with van der Waals surface area (Å²) in [6.07, 6.45) is 1.92. The van der Waals surface area contributed by atoms with Gasteiger partial charge in [-0.1, -0.05) is 0 Å². The van der Waals surface area contributed by atoms with Crippen LogP contribution in [0.15, 0.2) is 24.5 Å². The van der Waals surface area contributed by atoms with Gasteiger partial charge in [-0.2, -0.15) is 5.10 Å². The Morgan fingerprint density at radius 3 is 3.04 bits per heavy atom. The minimum atomic E-state index is -0.281. The van der Waals surface area contributed by atoms with E-state index in [4.69, 9.17) is 4.74 Å². The van der Waals surface area contributed by atoms with E-state index in [9.17, 15) is 4.79 Å². The van der Waals surface area contributed by atoms with Crippen LogP contribution in [0.25, 0.3) is 10.9 Å². The Bertz CT molecular complexity index is 884. The molecule has 0 spiro atoms. The summed E-state index contributed by atoms with van der Waals surface area (Å²) in [6, 6.07) is 5.61. The zero-order valence-corrected chi connectivity index (χ0v) is 13.6. The second-order valence-electron chi connectivity index (χ2n) is 6.17. The highest BCUT2D eigenvalue weighted by molar-refractivity contribution is 5.99. The van der Waals surface area contributed by atoms with Crippen molar-refractivity contribution in [3.8, 4) is 0 Å². The quantitative estimate of drug-likeness (QED) is 0.687. The molecule has 2 atom stereocenters. The molecule has 1 saturated heterocycles. The fourth-order valence-corrected chi connectivity index (χ4v) is 3.21. The van der Waals surface area contributed by atoms with E-state index >= 15 is 0 Å². The third-order valence-electron chi connectivity index (χ3n) is 4.68. The number of fused-ring (bicyclic) bond motifs is 1. The molecule has 124 valence electrons. The van der Waals surface area contributed by atoms with Crippen molar-refractivity contribution in [2.45, 2.75) is 32.4 Å². The first-order chi connectivity index (χ1) is 11.6. The van der Waals surface area contributed by atoms with Gasteiger partial charge in [-0.25, -0.2) is 4.98 Å². The average molecular weight is 325 g/mol. The van der Waals surface area contributed by atoms with Crippen LogP contribution in [-0.2, 0) is 4.74 Å². The van der Waals surface area contributed by atoms with Crippen molar-refractivity contribution in [3.63, 3.8) is 0 Å². The molecule has 0 unspecified atom stereocenters. The summed E-state index contributed by atoms with van der Waals surface area (Å²) in [5, 5.41) is 10.8. The summed E-state index contributed by atoms with van der Waals surface area (Å²) in [7, 11) is 0. The van der Waals surface area contributed by atoms with Crippen LogP contribution in [0.1, 0.15) is 40.0 Å². The predicted octanol–water partition coefficient (Wildman–Crippen LogP) is 2.16. The van der Waals surface area contributed by atoms with E-state index in [1.54, 1.807) is 0 Å². The number of H-pyrrole nitrogens is 2. The number of aryl methyl sites for hydroxylation is 2. The fraction of sp³-hybridized carbons (Fsp3) is 0.353. The summed E-state index contributed by atoms with van der Waals surface area (Å²) >= 11 is 0. The molecule has 0 saturated carbocycles. The predicted molar refractivity (Wildman–Crippen MR) is 88.7 cm³/mol. The topological polar surface area (TPSA) is 95.7 Å². The number of benzene rings is 1. The highest BCUT2D eigenvalue weighted by Gasteiger charge is 2.33. The molecule has 7 heteroatoms. The van der Waals surface area contributed by atoms with Gasteiger partial charge in [-0.15, -0.1) is 0 Å². The molecule has 2 aromatic heterocycles. The zero-order valence-electron chi connectivity index (χ0n) is 13.6. The van der Waals surface area contributed by atoms with Gasteiger partial charge < -0.3 is 15.0 Å². The van der Waals surface area contributed by atoms with E-state index in [1.165, 1.54) is 11.9 Å². The van der Waals surface area contributed by atoms with Crippen molar-refractivity contribution in [2.75, 3.05) is 6.61 Å². The lowest BCUT2D eigenvalue weighted by Crippen LogP contribution is -2.37. The smallest absolute Gasteiger partial charge is 0.251 e. The van der Waals surface area contributed by atoms with Gasteiger partial charge in [0.2, 0.25) is 0 Å². The minimum Gasteiger partial charge on any atom is -0.368 e. The number of hydrogen-bond donors (Lipinski definition) is 3. The maximum absolute atomic E-state index is 12.7. The number of aromatic nitrogens is 4. The molecule has 3 aromatic rings.